The van der Waals surface area contributed by atoms with Gasteiger partial charge in [0.25, 0.3) is 0 Å². The summed E-state index contributed by atoms with van der Waals surface area (Å²) in [6.07, 6.45) is -0.837. The van der Waals surface area contributed by atoms with Crippen molar-refractivity contribution in [1.82, 2.24) is 15.5 Å². The second-order valence-electron chi connectivity index (χ2n) is 8.08. The first-order chi connectivity index (χ1) is 14.8. The molecule has 0 aromatic rings. The molecule has 13 heteroatoms. The predicted octanol–water partition coefficient (Wildman–Crippen LogP) is -1.65. The first-order valence-corrected chi connectivity index (χ1v) is 10.2. The molecule has 4 unspecified atom stereocenters. The molecule has 7 N–H and O–H groups in total. The van der Waals surface area contributed by atoms with Gasteiger partial charge >= 0.3 is 17.9 Å². The zero-order chi connectivity index (χ0) is 24.6. The predicted molar refractivity (Wildman–Crippen MR) is 108 cm³/mol. The minimum absolute atomic E-state index is 0.0581. The third kappa shape index (κ3) is 8.13. The van der Waals surface area contributed by atoms with Crippen molar-refractivity contribution in [3.05, 3.63) is 0 Å². The highest BCUT2D eigenvalue weighted by molar-refractivity contribution is 5.97. The van der Waals surface area contributed by atoms with E-state index in [1.807, 2.05) is 13.8 Å². The lowest BCUT2D eigenvalue weighted by atomic mass is 10.0. The summed E-state index contributed by atoms with van der Waals surface area (Å²) in [4.78, 5) is 72.4. The molecule has 32 heavy (non-hydrogen) atoms. The molecule has 4 atom stereocenters. The van der Waals surface area contributed by atoms with Gasteiger partial charge in [0.1, 0.15) is 18.1 Å². The average Bonchev–Trinajstić information content (AvgIpc) is 3.15. The molecule has 0 spiro atoms. The lowest BCUT2D eigenvalue weighted by Crippen LogP contribution is -2.58. The van der Waals surface area contributed by atoms with Crippen molar-refractivity contribution in [3.8, 4) is 0 Å². The van der Waals surface area contributed by atoms with E-state index >= 15 is 0 Å². The zero-order valence-electron chi connectivity index (χ0n) is 17.9. The van der Waals surface area contributed by atoms with Gasteiger partial charge in [-0.15, -0.1) is 0 Å². The van der Waals surface area contributed by atoms with Crippen LogP contribution in [0.25, 0.3) is 0 Å². The molecule has 1 aliphatic heterocycles. The fourth-order valence-electron chi connectivity index (χ4n) is 3.41. The van der Waals surface area contributed by atoms with Gasteiger partial charge in [0.2, 0.25) is 17.7 Å². The number of likely N-dealkylation sites (tertiary alicyclic amines) is 1. The Morgan fingerprint density at radius 3 is 1.97 bits per heavy atom. The number of nitrogens with zero attached hydrogens (tertiary/aromatic N) is 1. The molecule has 0 aromatic heterocycles. The average molecular weight is 458 g/mol. The molecule has 3 amide bonds. The Morgan fingerprint density at radius 2 is 1.47 bits per heavy atom. The van der Waals surface area contributed by atoms with Crippen LogP contribution < -0.4 is 16.4 Å². The molecule has 1 heterocycles. The van der Waals surface area contributed by atoms with Gasteiger partial charge in [-0.1, -0.05) is 13.8 Å². The minimum atomic E-state index is -1.64. The van der Waals surface area contributed by atoms with Crippen LogP contribution in [0.5, 0.6) is 0 Å². The van der Waals surface area contributed by atoms with E-state index < -0.39 is 72.6 Å². The number of rotatable bonds is 12. The number of hydrogen-bond donors (Lipinski definition) is 6. The summed E-state index contributed by atoms with van der Waals surface area (Å²) < 4.78 is 0. The first-order valence-electron chi connectivity index (χ1n) is 10.2. The van der Waals surface area contributed by atoms with E-state index in [-0.39, 0.29) is 25.3 Å². The summed E-state index contributed by atoms with van der Waals surface area (Å²) in [6, 6.07) is -5.41. The van der Waals surface area contributed by atoms with E-state index in [0.29, 0.717) is 6.42 Å². The van der Waals surface area contributed by atoms with Crippen LogP contribution in [0.1, 0.15) is 46.0 Å². The van der Waals surface area contributed by atoms with Gasteiger partial charge in [0, 0.05) is 6.54 Å². The quantitative estimate of drug-likeness (QED) is 0.196. The van der Waals surface area contributed by atoms with Gasteiger partial charge in [-0.3, -0.25) is 24.0 Å². The van der Waals surface area contributed by atoms with Crippen LogP contribution in [0.4, 0.5) is 0 Å². The Labute approximate surface area is 184 Å². The van der Waals surface area contributed by atoms with Gasteiger partial charge in [-0.25, -0.2) is 4.79 Å². The Morgan fingerprint density at radius 1 is 0.938 bits per heavy atom. The van der Waals surface area contributed by atoms with Crippen LogP contribution in [0, 0.1) is 5.92 Å². The fourth-order valence-corrected chi connectivity index (χ4v) is 3.41. The maximum absolute atomic E-state index is 12.8. The molecule has 0 saturated carbocycles. The molecule has 0 radical (unpaired) electrons. The van der Waals surface area contributed by atoms with E-state index in [9.17, 15) is 33.9 Å². The number of carboxylic acids is 3. The van der Waals surface area contributed by atoms with Crippen LogP contribution in [-0.4, -0.2) is 86.6 Å². The Bertz CT molecular complexity index is 755. The highest BCUT2D eigenvalue weighted by Gasteiger charge is 2.39. The van der Waals surface area contributed by atoms with Gasteiger partial charge in [0.05, 0.1) is 18.9 Å². The lowest BCUT2D eigenvalue weighted by molar-refractivity contribution is -0.151. The van der Waals surface area contributed by atoms with Crippen LogP contribution in [0.3, 0.4) is 0 Å². The van der Waals surface area contributed by atoms with Crippen LogP contribution >= 0.6 is 0 Å². The molecule has 1 rings (SSSR count). The van der Waals surface area contributed by atoms with E-state index in [1.165, 1.54) is 0 Å². The summed E-state index contributed by atoms with van der Waals surface area (Å²) in [5.41, 5.74) is 5.75. The topological polar surface area (TPSA) is 216 Å². The van der Waals surface area contributed by atoms with Crippen molar-refractivity contribution >= 4 is 35.6 Å². The summed E-state index contributed by atoms with van der Waals surface area (Å²) in [7, 11) is 0. The van der Waals surface area contributed by atoms with Gasteiger partial charge in [-0.05, 0) is 25.2 Å². The van der Waals surface area contributed by atoms with Crippen molar-refractivity contribution in [2.24, 2.45) is 11.7 Å². The van der Waals surface area contributed by atoms with E-state index in [2.05, 4.69) is 10.6 Å². The fraction of sp³-hybridized carbons (Fsp3) is 0.684. The number of carbonyl (C=O) groups excluding carboxylic acids is 3. The number of carbonyl (C=O) groups is 6. The summed E-state index contributed by atoms with van der Waals surface area (Å²) in [5.74, 6) is -6.84. The standard InChI is InChI=1S/C19H30N4O9/c1-9(2)6-10(20)16(28)21-11(7-14(24)25)17(29)22-12(8-15(26)27)18(30)23-5-3-4-13(23)19(31)32/h9-13H,3-8,20H2,1-2H3,(H,21,28)(H,22,29)(H,24,25)(H,26,27)(H,31,32). The maximum atomic E-state index is 12.8. The molecule has 0 bridgehead atoms. The Hall–Kier alpha value is -3.22. The van der Waals surface area contributed by atoms with Crippen LogP contribution in [0.15, 0.2) is 0 Å². The highest BCUT2D eigenvalue weighted by atomic mass is 16.4. The van der Waals surface area contributed by atoms with Gasteiger partial charge in [-0.2, -0.15) is 0 Å². The highest BCUT2D eigenvalue weighted by Crippen LogP contribution is 2.19. The molecular formula is C19H30N4O9. The molecule has 1 fully saturated rings. The Balaban J connectivity index is 3.01. The molecule has 0 aliphatic carbocycles. The van der Waals surface area contributed by atoms with Gasteiger partial charge < -0.3 is 36.6 Å². The number of amides is 3. The molecule has 180 valence electrons. The van der Waals surface area contributed by atoms with Crippen LogP contribution in [-0.2, 0) is 28.8 Å². The normalized spacial score (nSPS) is 18.5. The van der Waals surface area contributed by atoms with E-state index in [4.69, 9.17) is 15.9 Å². The SMILES string of the molecule is CC(C)CC(N)C(=O)NC(CC(=O)O)C(=O)NC(CC(=O)O)C(=O)N1CCCC1C(=O)O. The third-order valence-corrected chi connectivity index (χ3v) is 4.89. The van der Waals surface area contributed by atoms with Crippen molar-refractivity contribution in [1.29, 1.82) is 0 Å². The molecule has 1 aliphatic rings. The number of nitrogens with two attached hydrogens (primary N) is 1. The maximum Gasteiger partial charge on any atom is 0.326 e. The number of carboxylic acid groups (broad SMARTS) is 3. The molecular weight excluding hydrogens is 428 g/mol. The molecule has 0 aromatic carbocycles. The smallest absolute Gasteiger partial charge is 0.326 e. The van der Waals surface area contributed by atoms with Crippen LogP contribution in [0.2, 0.25) is 0 Å². The third-order valence-electron chi connectivity index (χ3n) is 4.89. The van der Waals surface area contributed by atoms with Gasteiger partial charge in [0.15, 0.2) is 0 Å². The summed E-state index contributed by atoms with van der Waals surface area (Å²) in [5, 5.41) is 31.9. The minimum Gasteiger partial charge on any atom is -0.481 e. The Kier molecular flexibility index (Phi) is 10.0. The van der Waals surface area contributed by atoms with Crippen molar-refractivity contribution < 1.29 is 44.1 Å². The van der Waals surface area contributed by atoms with E-state index in [0.717, 1.165) is 4.90 Å². The van der Waals surface area contributed by atoms with Crippen molar-refractivity contribution in [2.75, 3.05) is 6.54 Å². The second-order valence-corrected chi connectivity index (χ2v) is 8.08. The second kappa shape index (κ2) is 12.0. The first kappa shape index (κ1) is 26.8. The zero-order valence-corrected chi connectivity index (χ0v) is 17.9. The summed E-state index contributed by atoms with van der Waals surface area (Å²) in [6.45, 7) is 3.71. The number of nitrogens with one attached hydrogen (secondary N) is 2. The molecule has 1 saturated heterocycles. The summed E-state index contributed by atoms with van der Waals surface area (Å²) >= 11 is 0. The lowest BCUT2D eigenvalue weighted by Gasteiger charge is -2.28. The van der Waals surface area contributed by atoms with E-state index in [1.54, 1.807) is 0 Å². The number of aliphatic carboxylic acids is 3. The number of hydrogen-bond acceptors (Lipinski definition) is 7. The van der Waals surface area contributed by atoms with Crippen molar-refractivity contribution in [3.63, 3.8) is 0 Å². The molecule has 13 nitrogen and oxygen atoms in total. The largest absolute Gasteiger partial charge is 0.481 e. The van der Waals surface area contributed by atoms with Crippen molar-refractivity contribution in [2.45, 2.75) is 70.1 Å². The monoisotopic (exact) mass is 458 g/mol.